The minimum atomic E-state index is 0.0999. The van der Waals surface area contributed by atoms with Gasteiger partial charge >= 0.3 is 0 Å². The molecule has 3 rings (SSSR count). The zero-order chi connectivity index (χ0) is 18.8. The smallest absolute Gasteiger partial charge is 0.227 e. The first kappa shape index (κ1) is 18.6. The van der Waals surface area contributed by atoms with Gasteiger partial charge < -0.3 is 11.1 Å². The summed E-state index contributed by atoms with van der Waals surface area (Å²) < 4.78 is 0. The van der Waals surface area contributed by atoms with E-state index in [-0.39, 0.29) is 11.8 Å². The van der Waals surface area contributed by atoms with Crippen LogP contribution in [0.4, 0.5) is 5.69 Å². The van der Waals surface area contributed by atoms with Crippen LogP contribution < -0.4 is 11.1 Å². The van der Waals surface area contributed by atoms with Crippen LogP contribution >= 0.6 is 0 Å². The number of carbonyl (C=O) groups excluding carboxylic acids is 1. The van der Waals surface area contributed by atoms with E-state index in [1.54, 1.807) is 0 Å². The molecule has 3 N–H and O–H groups in total. The number of nitrogens with two attached hydrogens (primary N) is 1. The van der Waals surface area contributed by atoms with Gasteiger partial charge in [0, 0.05) is 23.7 Å². The van der Waals surface area contributed by atoms with E-state index in [0.717, 1.165) is 53.0 Å². The van der Waals surface area contributed by atoms with Crippen molar-refractivity contribution in [2.24, 2.45) is 17.6 Å². The topological polar surface area (TPSA) is 68.0 Å². The molecule has 0 spiro atoms. The third-order valence-corrected chi connectivity index (χ3v) is 4.91. The van der Waals surface area contributed by atoms with Gasteiger partial charge in [-0.15, -0.1) is 0 Å². The van der Waals surface area contributed by atoms with E-state index in [2.05, 4.69) is 50.4 Å². The van der Waals surface area contributed by atoms with Crippen LogP contribution in [0.5, 0.6) is 0 Å². The largest absolute Gasteiger partial charge is 0.326 e. The third kappa shape index (κ3) is 3.96. The van der Waals surface area contributed by atoms with Crippen LogP contribution in [0.2, 0.25) is 0 Å². The first-order valence-electron chi connectivity index (χ1n) is 9.51. The summed E-state index contributed by atoms with van der Waals surface area (Å²) in [5.41, 5.74) is 13.2. The van der Waals surface area contributed by atoms with Crippen LogP contribution in [0.25, 0.3) is 11.1 Å². The highest BCUT2D eigenvalue weighted by Gasteiger charge is 2.31. The average Bonchev–Trinajstić information content (AvgIpc) is 3.42. The molecule has 0 unspecified atom stereocenters. The number of aryl methyl sites for hydroxylation is 2. The molecule has 4 nitrogen and oxygen atoms in total. The normalized spacial score (nSPS) is 13.9. The molecule has 0 atom stereocenters. The van der Waals surface area contributed by atoms with Crippen LogP contribution in [0.3, 0.4) is 0 Å². The number of amides is 1. The van der Waals surface area contributed by atoms with Crippen molar-refractivity contribution in [2.45, 2.75) is 53.5 Å². The van der Waals surface area contributed by atoms with Crippen molar-refractivity contribution in [3.05, 3.63) is 46.8 Å². The van der Waals surface area contributed by atoms with Crippen LogP contribution in [-0.2, 0) is 17.8 Å². The van der Waals surface area contributed by atoms with Crippen molar-refractivity contribution in [1.29, 1.82) is 0 Å². The summed E-state index contributed by atoms with van der Waals surface area (Å²) in [6.07, 6.45) is 2.84. The van der Waals surface area contributed by atoms with E-state index in [9.17, 15) is 4.79 Å². The average molecular weight is 351 g/mol. The fraction of sp³-hybridized carbons (Fsp3) is 0.455. The van der Waals surface area contributed by atoms with Crippen LogP contribution in [0.1, 0.15) is 49.2 Å². The van der Waals surface area contributed by atoms with E-state index in [0.29, 0.717) is 12.5 Å². The van der Waals surface area contributed by atoms with E-state index >= 15 is 0 Å². The van der Waals surface area contributed by atoms with Gasteiger partial charge in [-0.2, -0.15) is 0 Å². The van der Waals surface area contributed by atoms with Crippen LogP contribution in [0.15, 0.2) is 24.3 Å². The summed E-state index contributed by atoms with van der Waals surface area (Å²) in [5.74, 6) is 0.741. The Morgan fingerprint density at radius 2 is 1.88 bits per heavy atom. The maximum atomic E-state index is 12.5. The maximum absolute atomic E-state index is 12.5. The van der Waals surface area contributed by atoms with Gasteiger partial charge in [0.1, 0.15) is 0 Å². The lowest BCUT2D eigenvalue weighted by Crippen LogP contribution is -2.18. The molecular formula is C22H29N3O. The van der Waals surface area contributed by atoms with Gasteiger partial charge in [-0.05, 0) is 50.2 Å². The molecule has 0 saturated heterocycles. The predicted octanol–water partition coefficient (Wildman–Crippen LogP) is 4.37. The molecule has 4 heteroatoms. The lowest BCUT2D eigenvalue weighted by molar-refractivity contribution is -0.117. The van der Waals surface area contributed by atoms with Gasteiger partial charge in [0.15, 0.2) is 0 Å². The number of nitrogens with one attached hydrogen (secondary N) is 1. The predicted molar refractivity (Wildman–Crippen MR) is 107 cm³/mol. The van der Waals surface area contributed by atoms with Gasteiger partial charge in [0.05, 0.1) is 11.4 Å². The Kier molecular flexibility index (Phi) is 5.42. The second kappa shape index (κ2) is 7.58. The van der Waals surface area contributed by atoms with Crippen molar-refractivity contribution in [3.8, 4) is 11.1 Å². The molecule has 0 radical (unpaired) electrons. The Morgan fingerprint density at radius 1 is 1.23 bits per heavy atom. The van der Waals surface area contributed by atoms with Crippen LogP contribution in [-0.4, -0.2) is 10.9 Å². The van der Waals surface area contributed by atoms with Crippen LogP contribution in [0, 0.1) is 25.7 Å². The molecule has 0 aliphatic heterocycles. The number of pyridine rings is 1. The summed E-state index contributed by atoms with van der Waals surface area (Å²) in [6.45, 7) is 8.83. The van der Waals surface area contributed by atoms with Crippen molar-refractivity contribution in [2.75, 3.05) is 5.32 Å². The molecule has 0 bridgehead atoms. The Bertz CT molecular complexity index is 805. The highest BCUT2D eigenvalue weighted by atomic mass is 16.2. The standard InChI is InChI=1S/C22H29N3O/c1-13(2)11-19-18(12-23)20(16-7-5-14(3)6-8-16)21(15(4)24-19)25-22(26)17-9-10-17/h5-8,13,17H,9-12,23H2,1-4H3,(H,25,26). The zero-order valence-corrected chi connectivity index (χ0v) is 16.2. The maximum Gasteiger partial charge on any atom is 0.227 e. The fourth-order valence-electron chi connectivity index (χ4n) is 3.34. The molecule has 138 valence electrons. The Labute approximate surface area is 156 Å². The Hall–Kier alpha value is -2.20. The van der Waals surface area contributed by atoms with Crippen molar-refractivity contribution in [3.63, 3.8) is 0 Å². The number of carbonyl (C=O) groups is 1. The number of rotatable bonds is 6. The highest BCUT2D eigenvalue weighted by molar-refractivity contribution is 5.99. The molecular weight excluding hydrogens is 322 g/mol. The van der Waals surface area contributed by atoms with Gasteiger partial charge in [-0.25, -0.2) is 0 Å². The molecule has 26 heavy (non-hydrogen) atoms. The van der Waals surface area contributed by atoms with Gasteiger partial charge in [-0.1, -0.05) is 43.7 Å². The first-order chi connectivity index (χ1) is 12.4. The summed E-state index contributed by atoms with van der Waals surface area (Å²) >= 11 is 0. The summed E-state index contributed by atoms with van der Waals surface area (Å²) in [6, 6.07) is 8.41. The number of anilines is 1. The quantitative estimate of drug-likeness (QED) is 0.812. The van der Waals surface area contributed by atoms with Crippen molar-refractivity contribution in [1.82, 2.24) is 4.98 Å². The molecule has 1 heterocycles. The zero-order valence-electron chi connectivity index (χ0n) is 16.2. The highest BCUT2D eigenvalue weighted by Crippen LogP contribution is 2.38. The van der Waals surface area contributed by atoms with E-state index in [4.69, 9.17) is 10.7 Å². The SMILES string of the molecule is Cc1ccc(-c2c(CN)c(CC(C)C)nc(C)c2NC(=O)C2CC2)cc1. The summed E-state index contributed by atoms with van der Waals surface area (Å²) in [7, 11) is 0. The van der Waals surface area contributed by atoms with E-state index in [1.165, 1.54) is 5.56 Å². The molecule has 1 aromatic heterocycles. The second-order valence-corrected chi connectivity index (χ2v) is 7.80. The van der Waals surface area contributed by atoms with Gasteiger partial charge in [0.25, 0.3) is 0 Å². The molecule has 1 aliphatic rings. The molecule has 2 aromatic rings. The Morgan fingerprint density at radius 3 is 2.42 bits per heavy atom. The first-order valence-corrected chi connectivity index (χ1v) is 9.51. The molecule has 1 saturated carbocycles. The second-order valence-electron chi connectivity index (χ2n) is 7.80. The lowest BCUT2D eigenvalue weighted by Gasteiger charge is -2.21. The minimum Gasteiger partial charge on any atom is -0.326 e. The molecule has 1 fully saturated rings. The van der Waals surface area contributed by atoms with Gasteiger partial charge in [0.2, 0.25) is 5.91 Å². The molecule has 1 aliphatic carbocycles. The number of aromatic nitrogens is 1. The van der Waals surface area contributed by atoms with Gasteiger partial charge in [-0.3, -0.25) is 9.78 Å². The van der Waals surface area contributed by atoms with Crippen molar-refractivity contribution < 1.29 is 4.79 Å². The number of hydrogen-bond acceptors (Lipinski definition) is 3. The van der Waals surface area contributed by atoms with E-state index in [1.807, 2.05) is 6.92 Å². The fourth-order valence-corrected chi connectivity index (χ4v) is 3.34. The summed E-state index contributed by atoms with van der Waals surface area (Å²) in [4.78, 5) is 17.3. The number of hydrogen-bond donors (Lipinski definition) is 2. The monoisotopic (exact) mass is 351 g/mol. The lowest BCUT2D eigenvalue weighted by atomic mass is 9.92. The minimum absolute atomic E-state index is 0.0999. The Balaban J connectivity index is 2.17. The molecule has 1 amide bonds. The number of nitrogens with zero attached hydrogens (tertiary/aromatic N) is 1. The van der Waals surface area contributed by atoms with E-state index < -0.39 is 0 Å². The third-order valence-electron chi connectivity index (χ3n) is 4.91. The summed E-state index contributed by atoms with van der Waals surface area (Å²) in [5, 5.41) is 3.15. The number of benzene rings is 1. The molecule has 1 aromatic carbocycles. The van der Waals surface area contributed by atoms with Crippen molar-refractivity contribution >= 4 is 11.6 Å².